The first kappa shape index (κ1) is 11.4. The van der Waals surface area contributed by atoms with Crippen LogP contribution in [0.1, 0.15) is 33.1 Å². The maximum Gasteiger partial charge on any atom is 0.200 e. The molecule has 0 amide bonds. The van der Waals surface area contributed by atoms with Gasteiger partial charge in [-0.3, -0.25) is 0 Å². The molecule has 1 aliphatic carbocycles. The Labute approximate surface area is 106 Å². The van der Waals surface area contributed by atoms with Crippen LogP contribution in [-0.2, 0) is 0 Å². The van der Waals surface area contributed by atoms with E-state index in [4.69, 9.17) is 0 Å². The highest BCUT2D eigenvalue weighted by molar-refractivity contribution is 5.46. The first-order valence-electron chi connectivity index (χ1n) is 6.56. The lowest BCUT2D eigenvalue weighted by Gasteiger charge is -2.23. The highest BCUT2D eigenvalue weighted by Crippen LogP contribution is 2.30. The summed E-state index contributed by atoms with van der Waals surface area (Å²) >= 11 is 0. The number of anilines is 1. The molecule has 6 nitrogen and oxygen atoms in total. The van der Waals surface area contributed by atoms with Crippen LogP contribution >= 0.6 is 0 Å². The molecular formula is C12H18N6. The second-order valence-corrected chi connectivity index (χ2v) is 5.33. The Balaban J connectivity index is 1.83. The summed E-state index contributed by atoms with van der Waals surface area (Å²) in [4.78, 5) is 2.39. The normalized spacial score (nSPS) is 15.5. The third-order valence-corrected chi connectivity index (χ3v) is 3.28. The second kappa shape index (κ2) is 4.51. The Morgan fingerprint density at radius 3 is 2.94 bits per heavy atom. The van der Waals surface area contributed by atoms with Crippen LogP contribution in [0.5, 0.6) is 0 Å². The van der Waals surface area contributed by atoms with Gasteiger partial charge in [0.2, 0.25) is 0 Å². The number of tetrazole rings is 1. The molecule has 0 radical (unpaired) electrons. The molecule has 96 valence electrons. The van der Waals surface area contributed by atoms with E-state index in [1.807, 2.05) is 12.1 Å². The summed E-state index contributed by atoms with van der Waals surface area (Å²) in [5, 5.41) is 15.8. The van der Waals surface area contributed by atoms with Crippen molar-refractivity contribution in [3.8, 4) is 0 Å². The predicted octanol–water partition coefficient (Wildman–Crippen LogP) is 1.53. The van der Waals surface area contributed by atoms with Crippen molar-refractivity contribution in [3.05, 3.63) is 12.1 Å². The van der Waals surface area contributed by atoms with E-state index < -0.39 is 0 Å². The summed E-state index contributed by atoms with van der Waals surface area (Å²) in [6, 6.07) is 4.60. The van der Waals surface area contributed by atoms with E-state index in [2.05, 4.69) is 39.4 Å². The fourth-order valence-corrected chi connectivity index (χ4v) is 2.06. The molecule has 1 saturated carbocycles. The zero-order valence-corrected chi connectivity index (χ0v) is 10.8. The van der Waals surface area contributed by atoms with Crippen LogP contribution in [0.25, 0.3) is 5.65 Å². The molecule has 18 heavy (non-hydrogen) atoms. The lowest BCUT2D eigenvalue weighted by Crippen LogP contribution is -2.29. The van der Waals surface area contributed by atoms with Gasteiger partial charge in [0, 0.05) is 12.6 Å². The zero-order chi connectivity index (χ0) is 12.5. The van der Waals surface area contributed by atoms with Gasteiger partial charge in [0.15, 0.2) is 11.5 Å². The average Bonchev–Trinajstić information content (AvgIpc) is 3.07. The molecule has 2 heterocycles. The van der Waals surface area contributed by atoms with E-state index >= 15 is 0 Å². The summed E-state index contributed by atoms with van der Waals surface area (Å²) < 4.78 is 1.50. The molecule has 0 saturated heterocycles. The molecule has 0 N–H and O–H groups in total. The molecule has 0 atom stereocenters. The number of hydrogen-bond donors (Lipinski definition) is 0. The first-order chi connectivity index (χ1) is 8.74. The molecule has 6 heteroatoms. The Morgan fingerprint density at radius 2 is 2.22 bits per heavy atom. The van der Waals surface area contributed by atoms with E-state index in [0.717, 1.165) is 12.4 Å². The first-order valence-corrected chi connectivity index (χ1v) is 6.56. The molecule has 0 aromatic carbocycles. The lowest BCUT2D eigenvalue weighted by molar-refractivity contribution is 0.565. The van der Waals surface area contributed by atoms with Crippen LogP contribution in [0.4, 0.5) is 5.82 Å². The summed E-state index contributed by atoms with van der Waals surface area (Å²) in [5.41, 5.74) is 0.693. The van der Waals surface area contributed by atoms with Gasteiger partial charge in [-0.05, 0) is 47.7 Å². The van der Waals surface area contributed by atoms with Crippen LogP contribution < -0.4 is 4.90 Å². The number of hydrogen-bond acceptors (Lipinski definition) is 5. The molecule has 2 aromatic rings. The molecule has 1 aliphatic rings. The van der Waals surface area contributed by atoms with Crippen LogP contribution in [0.15, 0.2) is 12.1 Å². The van der Waals surface area contributed by atoms with Crippen molar-refractivity contribution < 1.29 is 0 Å². The van der Waals surface area contributed by atoms with Gasteiger partial charge < -0.3 is 4.90 Å². The zero-order valence-electron chi connectivity index (χ0n) is 10.8. The highest BCUT2D eigenvalue weighted by atomic mass is 15.6. The molecule has 3 rings (SSSR count). The average molecular weight is 246 g/mol. The maximum atomic E-state index is 4.48. The van der Waals surface area contributed by atoms with Crippen LogP contribution in [0.2, 0.25) is 0 Å². The molecule has 0 spiro atoms. The topological polar surface area (TPSA) is 59.2 Å². The van der Waals surface area contributed by atoms with Gasteiger partial charge in [0.25, 0.3) is 0 Å². The molecule has 0 unspecified atom stereocenters. The van der Waals surface area contributed by atoms with E-state index in [-0.39, 0.29) is 0 Å². The minimum atomic E-state index is 0.658. The van der Waals surface area contributed by atoms with Crippen molar-refractivity contribution in [2.75, 3.05) is 11.4 Å². The Hall–Kier alpha value is -1.72. The van der Waals surface area contributed by atoms with Gasteiger partial charge in [-0.25, -0.2) is 0 Å². The second-order valence-electron chi connectivity index (χ2n) is 5.33. The molecular weight excluding hydrogens is 228 g/mol. The highest BCUT2D eigenvalue weighted by Gasteiger charge is 2.30. The van der Waals surface area contributed by atoms with Gasteiger partial charge in [-0.1, -0.05) is 13.8 Å². The summed E-state index contributed by atoms with van der Waals surface area (Å²) in [6.45, 7) is 5.56. The number of nitrogens with zero attached hydrogens (tertiary/aromatic N) is 6. The monoisotopic (exact) mass is 246 g/mol. The Bertz CT molecular complexity index is 530. The fourth-order valence-electron chi connectivity index (χ4n) is 2.06. The molecule has 2 aromatic heterocycles. The Morgan fingerprint density at radius 1 is 1.39 bits per heavy atom. The fraction of sp³-hybridized carbons (Fsp3) is 0.667. The number of fused-ring (bicyclic) bond motifs is 1. The van der Waals surface area contributed by atoms with Gasteiger partial charge in [-0.2, -0.15) is 0 Å². The number of aromatic nitrogens is 5. The van der Waals surface area contributed by atoms with E-state index in [1.165, 1.54) is 23.9 Å². The summed E-state index contributed by atoms with van der Waals surface area (Å²) in [5.74, 6) is 1.70. The SMILES string of the molecule is CC(C)CCN(c1ccc2nnnn2n1)C1CC1. The maximum absolute atomic E-state index is 4.48. The van der Waals surface area contributed by atoms with Crippen LogP contribution in [0, 0.1) is 5.92 Å². The minimum absolute atomic E-state index is 0.658. The molecule has 0 bridgehead atoms. The van der Waals surface area contributed by atoms with E-state index in [1.54, 1.807) is 0 Å². The van der Waals surface area contributed by atoms with Gasteiger partial charge in [0.05, 0.1) is 0 Å². The smallest absolute Gasteiger partial charge is 0.200 e. The lowest BCUT2D eigenvalue weighted by atomic mass is 10.1. The van der Waals surface area contributed by atoms with E-state index in [0.29, 0.717) is 17.6 Å². The molecule has 1 fully saturated rings. The van der Waals surface area contributed by atoms with Crippen molar-refractivity contribution in [1.29, 1.82) is 0 Å². The van der Waals surface area contributed by atoms with Crippen molar-refractivity contribution in [3.63, 3.8) is 0 Å². The van der Waals surface area contributed by atoms with Gasteiger partial charge >= 0.3 is 0 Å². The Kier molecular flexibility index (Phi) is 2.85. The van der Waals surface area contributed by atoms with Gasteiger partial charge in [-0.15, -0.1) is 14.8 Å². The largest absolute Gasteiger partial charge is 0.352 e. The van der Waals surface area contributed by atoms with Crippen molar-refractivity contribution in [2.24, 2.45) is 5.92 Å². The predicted molar refractivity (Wildman–Crippen MR) is 68.4 cm³/mol. The van der Waals surface area contributed by atoms with Crippen LogP contribution in [-0.4, -0.2) is 37.8 Å². The summed E-state index contributed by atoms with van der Waals surface area (Å²) in [6.07, 6.45) is 3.73. The summed E-state index contributed by atoms with van der Waals surface area (Å²) in [7, 11) is 0. The van der Waals surface area contributed by atoms with Crippen molar-refractivity contribution in [2.45, 2.75) is 39.2 Å². The van der Waals surface area contributed by atoms with Crippen LogP contribution in [0.3, 0.4) is 0 Å². The minimum Gasteiger partial charge on any atom is -0.352 e. The van der Waals surface area contributed by atoms with Gasteiger partial charge in [0.1, 0.15) is 0 Å². The standard InChI is InChI=1S/C12H18N6/c1-9(2)7-8-17(10-3-4-10)12-6-5-11-13-15-16-18(11)14-12/h5-6,9-10H,3-4,7-8H2,1-2H3. The number of rotatable bonds is 5. The quantitative estimate of drug-likeness (QED) is 0.800. The third-order valence-electron chi connectivity index (χ3n) is 3.28. The third kappa shape index (κ3) is 2.27. The van der Waals surface area contributed by atoms with Crippen molar-refractivity contribution >= 4 is 11.5 Å². The van der Waals surface area contributed by atoms with Crippen molar-refractivity contribution in [1.82, 2.24) is 25.3 Å². The molecule has 0 aliphatic heterocycles. The van der Waals surface area contributed by atoms with E-state index in [9.17, 15) is 0 Å².